The minimum atomic E-state index is -4.65. The molecule has 0 saturated carbocycles. The monoisotopic (exact) mass is 423 g/mol. The van der Waals surface area contributed by atoms with Gasteiger partial charge in [-0.15, -0.1) is 0 Å². The first-order valence-electron chi connectivity index (χ1n) is 9.11. The average molecular weight is 423 g/mol. The molecule has 4 rings (SSSR count). The second-order valence-corrected chi connectivity index (χ2v) is 6.69. The van der Waals surface area contributed by atoms with Crippen LogP contribution in [0.5, 0.6) is 0 Å². The molecule has 0 unspecified atom stereocenters. The third kappa shape index (κ3) is 4.61. The SMILES string of the molecule is O=C(Cc1ccc(C#Cc2ccc3nccn3n2)cc1)c1cc(C(F)(F)F)ccc1F. The van der Waals surface area contributed by atoms with Gasteiger partial charge in [0, 0.05) is 24.4 Å². The van der Waals surface area contributed by atoms with Gasteiger partial charge >= 0.3 is 6.18 Å². The highest BCUT2D eigenvalue weighted by molar-refractivity contribution is 5.98. The maximum atomic E-state index is 13.9. The molecular weight excluding hydrogens is 410 g/mol. The molecule has 4 aromatic rings. The fourth-order valence-electron chi connectivity index (χ4n) is 2.92. The molecule has 0 aliphatic heterocycles. The highest BCUT2D eigenvalue weighted by Crippen LogP contribution is 2.30. The summed E-state index contributed by atoms with van der Waals surface area (Å²) in [5.41, 5.74) is 0.797. The molecule has 0 bridgehead atoms. The lowest BCUT2D eigenvalue weighted by Crippen LogP contribution is -2.11. The Kier molecular flexibility index (Phi) is 5.26. The zero-order valence-electron chi connectivity index (χ0n) is 15.8. The number of rotatable bonds is 3. The van der Waals surface area contributed by atoms with E-state index in [-0.39, 0.29) is 6.42 Å². The van der Waals surface area contributed by atoms with E-state index in [1.165, 1.54) is 0 Å². The van der Waals surface area contributed by atoms with E-state index in [4.69, 9.17) is 0 Å². The van der Waals surface area contributed by atoms with E-state index < -0.39 is 28.9 Å². The van der Waals surface area contributed by atoms with Crippen LogP contribution in [-0.4, -0.2) is 20.4 Å². The van der Waals surface area contributed by atoms with Crippen LogP contribution in [0.2, 0.25) is 0 Å². The van der Waals surface area contributed by atoms with Crippen molar-refractivity contribution in [3.63, 3.8) is 0 Å². The number of alkyl halides is 3. The van der Waals surface area contributed by atoms with Gasteiger partial charge in [-0.1, -0.05) is 18.1 Å². The Bertz CT molecular complexity index is 1330. The first-order valence-corrected chi connectivity index (χ1v) is 9.11. The fourth-order valence-corrected chi connectivity index (χ4v) is 2.92. The number of imidazole rings is 1. The number of nitrogens with zero attached hydrogens (tertiary/aromatic N) is 3. The van der Waals surface area contributed by atoms with Gasteiger partial charge in [0.2, 0.25) is 0 Å². The summed E-state index contributed by atoms with van der Waals surface area (Å²) in [6.07, 6.45) is -1.55. The minimum Gasteiger partial charge on any atom is -0.294 e. The second-order valence-electron chi connectivity index (χ2n) is 6.69. The molecule has 2 aromatic carbocycles. The van der Waals surface area contributed by atoms with Crippen LogP contribution in [0.15, 0.2) is 67.0 Å². The van der Waals surface area contributed by atoms with Crippen molar-refractivity contribution in [2.75, 3.05) is 0 Å². The van der Waals surface area contributed by atoms with Crippen molar-refractivity contribution in [3.05, 3.63) is 101 Å². The lowest BCUT2D eigenvalue weighted by molar-refractivity contribution is -0.137. The Morgan fingerprint density at radius 2 is 1.77 bits per heavy atom. The minimum absolute atomic E-state index is 0.231. The number of fused-ring (bicyclic) bond motifs is 1. The van der Waals surface area contributed by atoms with Crippen LogP contribution in [0, 0.1) is 17.7 Å². The van der Waals surface area contributed by atoms with E-state index in [1.54, 1.807) is 53.3 Å². The Hall–Kier alpha value is -3.99. The smallest absolute Gasteiger partial charge is 0.294 e. The van der Waals surface area contributed by atoms with Gasteiger partial charge in [-0.05, 0) is 53.9 Å². The van der Waals surface area contributed by atoms with Crippen LogP contribution < -0.4 is 0 Å². The Morgan fingerprint density at radius 1 is 1.00 bits per heavy atom. The van der Waals surface area contributed by atoms with E-state index in [0.717, 1.165) is 0 Å². The van der Waals surface area contributed by atoms with E-state index in [9.17, 15) is 22.4 Å². The number of halogens is 4. The lowest BCUT2D eigenvalue weighted by atomic mass is 10.00. The predicted octanol–water partition coefficient (Wildman–Crippen LogP) is 4.71. The third-order valence-corrected chi connectivity index (χ3v) is 4.50. The summed E-state index contributed by atoms with van der Waals surface area (Å²) in [7, 11) is 0. The van der Waals surface area contributed by atoms with E-state index in [2.05, 4.69) is 21.9 Å². The molecule has 0 atom stereocenters. The number of carbonyl (C=O) groups excluding carboxylic acids is 1. The lowest BCUT2D eigenvalue weighted by Gasteiger charge is -2.09. The van der Waals surface area contributed by atoms with Crippen LogP contribution in [0.3, 0.4) is 0 Å². The highest BCUT2D eigenvalue weighted by atomic mass is 19.4. The summed E-state index contributed by atoms with van der Waals surface area (Å²) in [5, 5.41) is 4.29. The van der Waals surface area contributed by atoms with Gasteiger partial charge in [-0.25, -0.2) is 13.9 Å². The van der Waals surface area contributed by atoms with Crippen molar-refractivity contribution in [1.82, 2.24) is 14.6 Å². The largest absolute Gasteiger partial charge is 0.416 e. The summed E-state index contributed by atoms with van der Waals surface area (Å²) in [5.74, 6) is 4.15. The molecule has 0 fully saturated rings. The Morgan fingerprint density at radius 3 is 2.52 bits per heavy atom. The van der Waals surface area contributed by atoms with Crippen molar-refractivity contribution in [2.24, 2.45) is 0 Å². The molecule has 2 heterocycles. The van der Waals surface area contributed by atoms with Gasteiger partial charge < -0.3 is 0 Å². The van der Waals surface area contributed by atoms with Crippen molar-refractivity contribution in [2.45, 2.75) is 12.6 Å². The molecule has 0 aliphatic rings. The number of Topliss-reactive ketones (excluding diaryl/α,β-unsaturated/α-hetero) is 1. The molecule has 4 nitrogen and oxygen atoms in total. The third-order valence-electron chi connectivity index (χ3n) is 4.50. The summed E-state index contributed by atoms with van der Waals surface area (Å²) in [6.45, 7) is 0. The fraction of sp³-hybridized carbons (Fsp3) is 0.0870. The maximum absolute atomic E-state index is 13.9. The molecule has 0 aliphatic carbocycles. The molecule has 0 N–H and O–H groups in total. The summed E-state index contributed by atoms with van der Waals surface area (Å²) in [4.78, 5) is 16.4. The van der Waals surface area contributed by atoms with Gasteiger partial charge in [0.25, 0.3) is 0 Å². The van der Waals surface area contributed by atoms with Crippen molar-refractivity contribution in [3.8, 4) is 11.8 Å². The molecule has 0 amide bonds. The zero-order valence-corrected chi connectivity index (χ0v) is 15.8. The quantitative estimate of drug-likeness (QED) is 0.272. The van der Waals surface area contributed by atoms with Gasteiger partial charge in [0.1, 0.15) is 11.5 Å². The van der Waals surface area contributed by atoms with Crippen LogP contribution in [0.25, 0.3) is 5.65 Å². The summed E-state index contributed by atoms with van der Waals surface area (Å²) < 4.78 is 54.0. The first-order chi connectivity index (χ1) is 14.8. The average Bonchev–Trinajstić information content (AvgIpc) is 3.20. The second kappa shape index (κ2) is 8.03. The Balaban J connectivity index is 1.48. The molecule has 2 aromatic heterocycles. The normalized spacial score (nSPS) is 11.2. The van der Waals surface area contributed by atoms with Crippen LogP contribution in [0.1, 0.15) is 32.7 Å². The topological polar surface area (TPSA) is 47.3 Å². The molecule has 31 heavy (non-hydrogen) atoms. The van der Waals surface area contributed by atoms with E-state index in [1.807, 2.05) is 0 Å². The van der Waals surface area contributed by atoms with Gasteiger partial charge in [0.05, 0.1) is 11.1 Å². The highest BCUT2D eigenvalue weighted by Gasteiger charge is 2.31. The summed E-state index contributed by atoms with van der Waals surface area (Å²) in [6, 6.07) is 11.9. The van der Waals surface area contributed by atoms with E-state index in [0.29, 0.717) is 40.7 Å². The van der Waals surface area contributed by atoms with Crippen LogP contribution in [0.4, 0.5) is 17.6 Å². The van der Waals surface area contributed by atoms with Crippen molar-refractivity contribution >= 4 is 11.4 Å². The first kappa shape index (κ1) is 20.3. The number of hydrogen-bond donors (Lipinski definition) is 0. The number of ketones is 1. The predicted molar refractivity (Wildman–Crippen MR) is 105 cm³/mol. The number of aromatic nitrogens is 3. The molecule has 8 heteroatoms. The molecule has 0 radical (unpaired) electrons. The van der Waals surface area contributed by atoms with Crippen LogP contribution in [-0.2, 0) is 12.6 Å². The molecule has 154 valence electrons. The molecule has 0 spiro atoms. The summed E-state index contributed by atoms with van der Waals surface area (Å²) >= 11 is 0. The van der Waals surface area contributed by atoms with Gasteiger partial charge in [0.15, 0.2) is 11.4 Å². The van der Waals surface area contributed by atoms with Gasteiger partial charge in [-0.3, -0.25) is 4.79 Å². The van der Waals surface area contributed by atoms with Crippen molar-refractivity contribution in [1.29, 1.82) is 0 Å². The maximum Gasteiger partial charge on any atom is 0.416 e. The van der Waals surface area contributed by atoms with E-state index >= 15 is 0 Å². The number of carbonyl (C=O) groups is 1. The number of hydrogen-bond acceptors (Lipinski definition) is 3. The molecular formula is C23H13F4N3O. The zero-order chi connectivity index (χ0) is 22.0. The molecule has 0 saturated heterocycles. The van der Waals surface area contributed by atoms with Gasteiger partial charge in [-0.2, -0.15) is 18.3 Å². The number of benzene rings is 2. The standard InChI is InChI=1S/C23H13F4N3O/c24-20-9-6-17(23(25,26)27)14-19(20)21(31)13-16-3-1-15(2-4-16)5-7-18-8-10-22-28-11-12-30(22)29-18/h1-4,6,8-12,14H,13H2. The Labute approximate surface area is 174 Å². The van der Waals surface area contributed by atoms with Crippen LogP contribution >= 0.6 is 0 Å². The van der Waals surface area contributed by atoms with Crippen molar-refractivity contribution < 1.29 is 22.4 Å².